The predicted octanol–water partition coefficient (Wildman–Crippen LogP) is 0.460. The van der Waals surface area contributed by atoms with Gasteiger partial charge in [0.25, 0.3) is 5.91 Å². The van der Waals surface area contributed by atoms with E-state index >= 15 is 0 Å². The van der Waals surface area contributed by atoms with Crippen LogP contribution in [-0.2, 0) is 4.79 Å². The molecular weight excluding hydrogens is 171 g/mol. The van der Waals surface area contributed by atoms with Crippen molar-refractivity contribution in [3.05, 3.63) is 0 Å². The number of hydrogen-bond acceptors (Lipinski definition) is 2. The molecule has 0 saturated carbocycles. The molecule has 3 nitrogen and oxygen atoms in total. The topological polar surface area (TPSA) is 41.1 Å². The molecule has 1 amide bonds. The molecule has 1 saturated heterocycles. The first-order chi connectivity index (χ1) is 6.04. The van der Waals surface area contributed by atoms with Gasteiger partial charge in [-0.25, -0.2) is 4.39 Å². The highest BCUT2D eigenvalue weighted by molar-refractivity contribution is 5.85. The van der Waals surface area contributed by atoms with E-state index in [0.29, 0.717) is 19.0 Å². The maximum absolute atomic E-state index is 13.7. The van der Waals surface area contributed by atoms with Crippen molar-refractivity contribution >= 4 is 5.91 Å². The van der Waals surface area contributed by atoms with E-state index in [9.17, 15) is 9.18 Å². The third-order valence-electron chi connectivity index (χ3n) is 2.18. The zero-order valence-electron chi connectivity index (χ0n) is 8.19. The van der Waals surface area contributed by atoms with Crippen molar-refractivity contribution in [3.63, 3.8) is 0 Å². The third-order valence-corrected chi connectivity index (χ3v) is 2.18. The molecule has 0 aliphatic carbocycles. The second kappa shape index (κ2) is 4.05. The largest absolute Gasteiger partial charge is 0.353 e. The van der Waals surface area contributed by atoms with Crippen LogP contribution in [0.2, 0.25) is 0 Å². The van der Waals surface area contributed by atoms with Gasteiger partial charge in [0, 0.05) is 19.5 Å². The van der Waals surface area contributed by atoms with E-state index in [1.165, 1.54) is 0 Å². The van der Waals surface area contributed by atoms with Crippen LogP contribution in [0, 0.1) is 5.92 Å². The Labute approximate surface area is 78.1 Å². The van der Waals surface area contributed by atoms with Crippen molar-refractivity contribution in [2.75, 3.05) is 19.6 Å². The molecule has 1 heterocycles. The Kier molecular flexibility index (Phi) is 3.25. The van der Waals surface area contributed by atoms with Gasteiger partial charge in [0.2, 0.25) is 5.67 Å². The molecule has 13 heavy (non-hydrogen) atoms. The molecule has 1 rings (SSSR count). The Morgan fingerprint density at radius 1 is 1.69 bits per heavy atom. The standard InChI is InChI=1S/C9H17FN2O/c1-7(2)5-12-8(13)9(10)3-4-11-6-9/h7,11H,3-6H2,1-2H3,(H,12,13). The fraction of sp³-hybridized carbons (Fsp3) is 0.889. The Bertz CT molecular complexity index is 188. The SMILES string of the molecule is CC(C)CNC(=O)C1(F)CCNC1. The van der Waals surface area contributed by atoms with Gasteiger partial charge in [-0.05, 0) is 12.5 Å². The quantitative estimate of drug-likeness (QED) is 0.675. The van der Waals surface area contributed by atoms with Gasteiger partial charge in [0.15, 0.2) is 0 Å². The number of nitrogens with one attached hydrogen (secondary N) is 2. The summed E-state index contributed by atoms with van der Waals surface area (Å²) < 4.78 is 13.7. The molecule has 1 atom stereocenters. The molecule has 0 radical (unpaired) electrons. The van der Waals surface area contributed by atoms with Gasteiger partial charge < -0.3 is 10.6 Å². The molecule has 0 bridgehead atoms. The van der Waals surface area contributed by atoms with E-state index in [2.05, 4.69) is 10.6 Å². The van der Waals surface area contributed by atoms with Gasteiger partial charge in [-0.1, -0.05) is 13.8 Å². The lowest BCUT2D eigenvalue weighted by molar-refractivity contribution is -0.131. The molecule has 4 heteroatoms. The number of alkyl halides is 1. The predicted molar refractivity (Wildman–Crippen MR) is 49.2 cm³/mol. The first-order valence-corrected chi connectivity index (χ1v) is 4.72. The van der Waals surface area contributed by atoms with E-state index in [1.807, 2.05) is 13.8 Å². The van der Waals surface area contributed by atoms with Crippen LogP contribution < -0.4 is 10.6 Å². The van der Waals surface area contributed by atoms with Crippen molar-refractivity contribution in [1.29, 1.82) is 0 Å². The highest BCUT2D eigenvalue weighted by atomic mass is 19.1. The van der Waals surface area contributed by atoms with Crippen molar-refractivity contribution in [2.24, 2.45) is 5.92 Å². The summed E-state index contributed by atoms with van der Waals surface area (Å²) in [6.45, 7) is 5.25. The molecule has 1 unspecified atom stereocenters. The molecule has 1 aliphatic heterocycles. The van der Waals surface area contributed by atoms with E-state index in [-0.39, 0.29) is 13.0 Å². The molecule has 0 spiro atoms. The maximum atomic E-state index is 13.7. The highest BCUT2D eigenvalue weighted by Gasteiger charge is 2.41. The highest BCUT2D eigenvalue weighted by Crippen LogP contribution is 2.19. The van der Waals surface area contributed by atoms with Crippen LogP contribution in [0.5, 0.6) is 0 Å². The Morgan fingerprint density at radius 2 is 2.38 bits per heavy atom. The minimum Gasteiger partial charge on any atom is -0.353 e. The normalized spacial score (nSPS) is 28.0. The molecular formula is C9H17FN2O. The van der Waals surface area contributed by atoms with Crippen LogP contribution >= 0.6 is 0 Å². The molecule has 1 aliphatic rings. The Morgan fingerprint density at radius 3 is 2.85 bits per heavy atom. The zero-order chi connectivity index (χ0) is 9.90. The molecule has 76 valence electrons. The lowest BCUT2D eigenvalue weighted by atomic mass is 10.0. The summed E-state index contributed by atoms with van der Waals surface area (Å²) in [6, 6.07) is 0. The first kappa shape index (κ1) is 10.4. The lowest BCUT2D eigenvalue weighted by Crippen LogP contribution is -2.45. The summed E-state index contributed by atoms with van der Waals surface area (Å²) in [5.74, 6) is -0.104. The van der Waals surface area contributed by atoms with E-state index in [1.54, 1.807) is 0 Å². The summed E-state index contributed by atoms with van der Waals surface area (Å²) in [7, 11) is 0. The van der Waals surface area contributed by atoms with Gasteiger partial charge in [-0.15, -0.1) is 0 Å². The van der Waals surface area contributed by atoms with Crippen molar-refractivity contribution in [2.45, 2.75) is 25.9 Å². The molecule has 1 fully saturated rings. The minimum absolute atomic E-state index is 0.150. The van der Waals surface area contributed by atoms with Crippen LogP contribution in [0.4, 0.5) is 4.39 Å². The molecule has 2 N–H and O–H groups in total. The van der Waals surface area contributed by atoms with E-state index < -0.39 is 11.6 Å². The number of carbonyl (C=O) groups is 1. The van der Waals surface area contributed by atoms with E-state index in [0.717, 1.165) is 0 Å². The fourth-order valence-corrected chi connectivity index (χ4v) is 1.31. The average Bonchev–Trinajstić information content (AvgIpc) is 2.49. The average molecular weight is 188 g/mol. The second-order valence-electron chi connectivity index (χ2n) is 4.00. The third kappa shape index (κ3) is 2.66. The molecule has 0 aromatic heterocycles. The monoisotopic (exact) mass is 188 g/mol. The summed E-state index contributed by atoms with van der Waals surface area (Å²) >= 11 is 0. The number of hydrogen-bond donors (Lipinski definition) is 2. The molecule has 0 aromatic rings. The fourth-order valence-electron chi connectivity index (χ4n) is 1.31. The van der Waals surface area contributed by atoms with Crippen LogP contribution in [0.3, 0.4) is 0 Å². The van der Waals surface area contributed by atoms with Crippen molar-refractivity contribution < 1.29 is 9.18 Å². The number of carbonyl (C=O) groups excluding carboxylic acids is 1. The first-order valence-electron chi connectivity index (χ1n) is 4.72. The van der Waals surface area contributed by atoms with Crippen LogP contribution in [0.15, 0.2) is 0 Å². The van der Waals surface area contributed by atoms with Crippen molar-refractivity contribution in [1.82, 2.24) is 10.6 Å². The van der Waals surface area contributed by atoms with Crippen LogP contribution in [0.25, 0.3) is 0 Å². The minimum atomic E-state index is -1.67. The number of halogens is 1. The Balaban J connectivity index is 2.38. The second-order valence-corrected chi connectivity index (χ2v) is 4.00. The van der Waals surface area contributed by atoms with Gasteiger partial charge >= 0.3 is 0 Å². The summed E-state index contributed by atoms with van der Waals surface area (Å²) in [5.41, 5.74) is -1.67. The van der Waals surface area contributed by atoms with Crippen LogP contribution in [-0.4, -0.2) is 31.2 Å². The van der Waals surface area contributed by atoms with E-state index in [4.69, 9.17) is 0 Å². The zero-order valence-corrected chi connectivity index (χ0v) is 8.19. The smallest absolute Gasteiger partial charge is 0.259 e. The van der Waals surface area contributed by atoms with Gasteiger partial charge in [0.05, 0.1) is 0 Å². The van der Waals surface area contributed by atoms with Gasteiger partial charge in [0.1, 0.15) is 0 Å². The van der Waals surface area contributed by atoms with Crippen LogP contribution in [0.1, 0.15) is 20.3 Å². The summed E-state index contributed by atoms with van der Waals surface area (Å²) in [4.78, 5) is 11.3. The maximum Gasteiger partial charge on any atom is 0.259 e. The number of amides is 1. The summed E-state index contributed by atoms with van der Waals surface area (Å²) in [5, 5.41) is 5.46. The molecule has 0 aromatic carbocycles. The lowest BCUT2D eigenvalue weighted by Gasteiger charge is -2.18. The van der Waals surface area contributed by atoms with Gasteiger partial charge in [-0.3, -0.25) is 4.79 Å². The van der Waals surface area contributed by atoms with Crippen molar-refractivity contribution in [3.8, 4) is 0 Å². The van der Waals surface area contributed by atoms with Gasteiger partial charge in [-0.2, -0.15) is 0 Å². The Hall–Kier alpha value is -0.640. The number of rotatable bonds is 3. The summed E-state index contributed by atoms with van der Waals surface area (Å²) in [6.07, 6.45) is 0.289.